The summed E-state index contributed by atoms with van der Waals surface area (Å²) in [5.41, 5.74) is 0. The minimum Gasteiger partial charge on any atom is -0.395 e. The summed E-state index contributed by atoms with van der Waals surface area (Å²) in [5.74, 6) is 2.32. The first-order chi connectivity index (χ1) is 5.34. The Balaban J connectivity index is 2.17. The predicted octanol–water partition coefficient (Wildman–Crippen LogP) is -0.152. The Morgan fingerprint density at radius 2 is 2.55 bits per heavy atom. The second-order valence-corrected chi connectivity index (χ2v) is 3.72. The number of hydrogen-bond donors (Lipinski definition) is 2. The Bertz CT molecular complexity index is 134. The molecular weight excluding hydrogens is 162 g/mol. The van der Waals surface area contributed by atoms with Crippen LogP contribution in [0.25, 0.3) is 0 Å². The molecule has 1 aliphatic heterocycles. The molecule has 0 aromatic heterocycles. The van der Waals surface area contributed by atoms with Gasteiger partial charge in [-0.05, 0) is 12.2 Å². The van der Waals surface area contributed by atoms with E-state index in [-0.39, 0.29) is 18.4 Å². The van der Waals surface area contributed by atoms with E-state index in [0.29, 0.717) is 6.54 Å². The Hall–Kier alpha value is -0.220. The van der Waals surface area contributed by atoms with Gasteiger partial charge in [0.2, 0.25) is 5.91 Å². The number of nitrogens with one attached hydrogen (secondary N) is 1. The van der Waals surface area contributed by atoms with Gasteiger partial charge in [0.05, 0.1) is 6.61 Å². The van der Waals surface area contributed by atoms with Gasteiger partial charge in [-0.2, -0.15) is 11.8 Å². The molecule has 0 spiro atoms. The smallest absolute Gasteiger partial charge is 0.224 e. The molecule has 1 heterocycles. The van der Waals surface area contributed by atoms with Crippen molar-refractivity contribution in [3.63, 3.8) is 0 Å². The highest BCUT2D eigenvalue weighted by molar-refractivity contribution is 7.99. The molecule has 1 saturated heterocycles. The Labute approximate surface area is 70.6 Å². The molecule has 1 amide bonds. The van der Waals surface area contributed by atoms with Gasteiger partial charge in [-0.15, -0.1) is 0 Å². The summed E-state index contributed by atoms with van der Waals surface area (Å²) in [6.07, 6.45) is 0.988. The van der Waals surface area contributed by atoms with Gasteiger partial charge in [0.1, 0.15) is 0 Å². The lowest BCUT2D eigenvalue weighted by molar-refractivity contribution is -0.124. The zero-order valence-corrected chi connectivity index (χ0v) is 7.19. The lowest BCUT2D eigenvalue weighted by Crippen LogP contribution is -2.32. The van der Waals surface area contributed by atoms with Crippen LogP contribution in [0.4, 0.5) is 0 Å². The molecule has 0 bridgehead atoms. The second kappa shape index (κ2) is 4.62. The topological polar surface area (TPSA) is 49.3 Å². The molecule has 1 aliphatic rings. The Morgan fingerprint density at radius 1 is 1.73 bits per heavy atom. The molecule has 0 radical (unpaired) electrons. The van der Waals surface area contributed by atoms with Crippen molar-refractivity contribution in [2.24, 2.45) is 5.92 Å². The summed E-state index contributed by atoms with van der Waals surface area (Å²) in [7, 11) is 0. The van der Waals surface area contributed by atoms with Crippen molar-refractivity contribution in [1.82, 2.24) is 5.32 Å². The fourth-order valence-corrected chi connectivity index (χ4v) is 2.29. The van der Waals surface area contributed by atoms with Crippen molar-refractivity contribution in [3.05, 3.63) is 0 Å². The SMILES string of the molecule is O=C(NCCO)C1CCSC1. The first-order valence-corrected chi connectivity index (χ1v) is 4.96. The standard InChI is InChI=1S/C7H13NO2S/c9-3-2-8-7(10)6-1-4-11-5-6/h6,9H,1-5H2,(H,8,10). The number of carbonyl (C=O) groups is 1. The number of carbonyl (C=O) groups excluding carboxylic acids is 1. The van der Waals surface area contributed by atoms with Crippen LogP contribution in [0.3, 0.4) is 0 Å². The molecule has 0 aromatic carbocycles. The minimum atomic E-state index is 0.0333. The first kappa shape index (κ1) is 8.87. The molecule has 0 aliphatic carbocycles. The molecular formula is C7H13NO2S. The highest BCUT2D eigenvalue weighted by atomic mass is 32.2. The molecule has 2 N–H and O–H groups in total. The van der Waals surface area contributed by atoms with Crippen molar-refractivity contribution in [3.8, 4) is 0 Å². The van der Waals surface area contributed by atoms with E-state index in [1.807, 2.05) is 11.8 Å². The van der Waals surface area contributed by atoms with Crippen LogP contribution in [0.1, 0.15) is 6.42 Å². The fourth-order valence-electron chi connectivity index (χ4n) is 1.06. The zero-order chi connectivity index (χ0) is 8.10. The van der Waals surface area contributed by atoms with E-state index >= 15 is 0 Å². The number of hydrogen-bond acceptors (Lipinski definition) is 3. The summed E-state index contributed by atoms with van der Waals surface area (Å²) in [4.78, 5) is 11.2. The van der Waals surface area contributed by atoms with E-state index in [1.165, 1.54) is 0 Å². The van der Waals surface area contributed by atoms with E-state index in [0.717, 1.165) is 17.9 Å². The quantitative estimate of drug-likeness (QED) is 0.627. The maximum atomic E-state index is 11.2. The molecule has 64 valence electrons. The number of amides is 1. The number of aliphatic hydroxyl groups excluding tert-OH is 1. The maximum Gasteiger partial charge on any atom is 0.224 e. The number of aliphatic hydroxyl groups is 1. The highest BCUT2D eigenvalue weighted by Crippen LogP contribution is 2.23. The molecule has 3 nitrogen and oxygen atoms in total. The molecule has 11 heavy (non-hydrogen) atoms. The monoisotopic (exact) mass is 175 g/mol. The predicted molar refractivity (Wildman–Crippen MR) is 45.5 cm³/mol. The molecule has 1 atom stereocenters. The van der Waals surface area contributed by atoms with Gasteiger partial charge in [-0.1, -0.05) is 0 Å². The third kappa shape index (κ3) is 2.71. The molecule has 0 aromatic rings. The summed E-state index contributed by atoms with van der Waals surface area (Å²) in [6, 6.07) is 0. The lowest BCUT2D eigenvalue weighted by atomic mass is 10.1. The van der Waals surface area contributed by atoms with Crippen LogP contribution in [0.2, 0.25) is 0 Å². The van der Waals surface area contributed by atoms with Crippen molar-refractivity contribution < 1.29 is 9.90 Å². The Kier molecular flexibility index (Phi) is 3.72. The van der Waals surface area contributed by atoms with Crippen LogP contribution >= 0.6 is 11.8 Å². The maximum absolute atomic E-state index is 11.2. The van der Waals surface area contributed by atoms with Gasteiger partial charge in [0, 0.05) is 18.2 Å². The van der Waals surface area contributed by atoms with Crippen LogP contribution in [0, 0.1) is 5.92 Å². The molecule has 1 unspecified atom stereocenters. The largest absolute Gasteiger partial charge is 0.395 e. The normalized spacial score (nSPS) is 23.5. The van der Waals surface area contributed by atoms with E-state index in [2.05, 4.69) is 5.32 Å². The van der Waals surface area contributed by atoms with Crippen molar-refractivity contribution >= 4 is 17.7 Å². The van der Waals surface area contributed by atoms with Crippen LogP contribution in [-0.2, 0) is 4.79 Å². The fraction of sp³-hybridized carbons (Fsp3) is 0.857. The average molecular weight is 175 g/mol. The second-order valence-electron chi connectivity index (χ2n) is 2.58. The van der Waals surface area contributed by atoms with Gasteiger partial charge in [-0.3, -0.25) is 4.79 Å². The van der Waals surface area contributed by atoms with Gasteiger partial charge >= 0.3 is 0 Å². The molecule has 0 saturated carbocycles. The van der Waals surface area contributed by atoms with Crippen LogP contribution in [0.15, 0.2) is 0 Å². The summed E-state index contributed by atoms with van der Waals surface area (Å²) in [5, 5.41) is 11.1. The molecule has 1 fully saturated rings. The number of rotatable bonds is 3. The van der Waals surface area contributed by atoms with Gasteiger partial charge in [0.25, 0.3) is 0 Å². The summed E-state index contributed by atoms with van der Waals surface area (Å²) in [6.45, 7) is 0.422. The minimum absolute atomic E-state index is 0.0333. The van der Waals surface area contributed by atoms with Crippen molar-refractivity contribution in [1.29, 1.82) is 0 Å². The van der Waals surface area contributed by atoms with Gasteiger partial charge in [-0.25, -0.2) is 0 Å². The van der Waals surface area contributed by atoms with Crippen molar-refractivity contribution in [2.45, 2.75) is 6.42 Å². The lowest BCUT2D eigenvalue weighted by Gasteiger charge is -2.07. The van der Waals surface area contributed by atoms with E-state index in [9.17, 15) is 4.79 Å². The summed E-state index contributed by atoms with van der Waals surface area (Å²) < 4.78 is 0. The average Bonchev–Trinajstić information content (AvgIpc) is 2.52. The van der Waals surface area contributed by atoms with Crippen LogP contribution in [-0.4, -0.2) is 35.7 Å². The third-order valence-electron chi connectivity index (χ3n) is 1.71. The molecule has 1 rings (SSSR count). The van der Waals surface area contributed by atoms with E-state index in [1.54, 1.807) is 0 Å². The number of thioether (sulfide) groups is 1. The third-order valence-corrected chi connectivity index (χ3v) is 2.87. The Morgan fingerprint density at radius 3 is 3.09 bits per heavy atom. The van der Waals surface area contributed by atoms with Crippen LogP contribution < -0.4 is 5.32 Å². The van der Waals surface area contributed by atoms with Crippen LogP contribution in [0.5, 0.6) is 0 Å². The summed E-state index contributed by atoms with van der Waals surface area (Å²) >= 11 is 1.82. The van der Waals surface area contributed by atoms with E-state index < -0.39 is 0 Å². The molecule has 4 heteroatoms. The zero-order valence-electron chi connectivity index (χ0n) is 6.38. The highest BCUT2D eigenvalue weighted by Gasteiger charge is 2.22. The van der Waals surface area contributed by atoms with Crippen molar-refractivity contribution in [2.75, 3.05) is 24.7 Å². The van der Waals surface area contributed by atoms with Gasteiger partial charge < -0.3 is 10.4 Å². The first-order valence-electron chi connectivity index (χ1n) is 3.81. The van der Waals surface area contributed by atoms with Gasteiger partial charge in [0.15, 0.2) is 0 Å². The van der Waals surface area contributed by atoms with E-state index in [4.69, 9.17) is 5.11 Å².